The van der Waals surface area contributed by atoms with Crippen LogP contribution in [0.4, 0.5) is 5.69 Å². The van der Waals surface area contributed by atoms with Crippen molar-refractivity contribution in [2.75, 3.05) is 52.7 Å². The molecule has 6 heteroatoms. The molecule has 0 saturated heterocycles. The summed E-state index contributed by atoms with van der Waals surface area (Å²) in [4.78, 5) is 4.30. The summed E-state index contributed by atoms with van der Waals surface area (Å²) in [5.41, 5.74) is 3.58. The molecule has 0 spiro atoms. The molecule has 0 aliphatic heterocycles. The quantitative estimate of drug-likeness (QED) is 0.439. The van der Waals surface area contributed by atoms with E-state index in [0.29, 0.717) is 29.6 Å². The van der Waals surface area contributed by atoms with Gasteiger partial charge in [0.1, 0.15) is 0 Å². The van der Waals surface area contributed by atoms with Gasteiger partial charge in [0, 0.05) is 51.4 Å². The highest BCUT2D eigenvalue weighted by molar-refractivity contribution is 5.58. The van der Waals surface area contributed by atoms with Crippen molar-refractivity contribution in [3.8, 4) is 11.5 Å². The highest BCUT2D eigenvalue weighted by Gasteiger charge is 2.32. The van der Waals surface area contributed by atoms with E-state index in [4.69, 9.17) is 4.42 Å². The lowest BCUT2D eigenvalue weighted by Gasteiger charge is -2.37. The van der Waals surface area contributed by atoms with E-state index in [-0.39, 0.29) is 0 Å². The number of allylic oxidation sites excluding steroid dienone is 1. The Hall–Kier alpha value is -2.18. The third kappa shape index (κ3) is 6.42. The SMILES string of the molecule is CC1=C[C@@H](CNCCN(C)C)[C@H](C(C)C)C[C@H]1Cc1nnc(-c2ccc(N(C)C)cc2)o1. The van der Waals surface area contributed by atoms with E-state index in [1.807, 2.05) is 26.2 Å². The summed E-state index contributed by atoms with van der Waals surface area (Å²) in [5.74, 6) is 3.70. The largest absolute Gasteiger partial charge is 0.421 e. The fourth-order valence-corrected chi connectivity index (χ4v) is 4.64. The Labute approximate surface area is 194 Å². The van der Waals surface area contributed by atoms with Crippen LogP contribution in [0.15, 0.2) is 40.3 Å². The van der Waals surface area contributed by atoms with E-state index >= 15 is 0 Å². The van der Waals surface area contributed by atoms with Crippen LogP contribution < -0.4 is 10.2 Å². The Bertz CT molecular complexity index is 869. The second kappa shape index (κ2) is 11.1. The number of nitrogens with one attached hydrogen (secondary N) is 1. The predicted molar refractivity (Wildman–Crippen MR) is 133 cm³/mol. The molecule has 2 aromatic rings. The van der Waals surface area contributed by atoms with Gasteiger partial charge in [-0.3, -0.25) is 0 Å². The van der Waals surface area contributed by atoms with Crippen molar-refractivity contribution in [2.24, 2.45) is 23.7 Å². The average Bonchev–Trinajstić information content (AvgIpc) is 3.21. The molecule has 1 N–H and O–H groups in total. The number of hydrogen-bond acceptors (Lipinski definition) is 6. The van der Waals surface area contributed by atoms with Gasteiger partial charge in [-0.25, -0.2) is 0 Å². The maximum atomic E-state index is 6.07. The van der Waals surface area contributed by atoms with Gasteiger partial charge >= 0.3 is 0 Å². The number of nitrogens with zero attached hydrogens (tertiary/aromatic N) is 4. The third-order valence-corrected chi connectivity index (χ3v) is 6.72. The molecule has 176 valence electrons. The lowest BCUT2D eigenvalue weighted by molar-refractivity contribution is 0.217. The molecule has 0 radical (unpaired) electrons. The Balaban J connectivity index is 1.65. The minimum Gasteiger partial charge on any atom is -0.421 e. The first-order valence-corrected chi connectivity index (χ1v) is 11.9. The minimum atomic E-state index is 0.463. The van der Waals surface area contributed by atoms with Gasteiger partial charge in [0.05, 0.1) is 0 Å². The van der Waals surface area contributed by atoms with Crippen LogP contribution in [0, 0.1) is 23.7 Å². The molecule has 32 heavy (non-hydrogen) atoms. The van der Waals surface area contributed by atoms with Gasteiger partial charge < -0.3 is 19.5 Å². The highest BCUT2D eigenvalue weighted by atomic mass is 16.4. The predicted octanol–water partition coefficient (Wildman–Crippen LogP) is 4.35. The average molecular weight is 440 g/mol. The summed E-state index contributed by atoms with van der Waals surface area (Å²) < 4.78 is 6.07. The van der Waals surface area contributed by atoms with Gasteiger partial charge in [0.15, 0.2) is 0 Å². The first kappa shape index (κ1) is 24.5. The van der Waals surface area contributed by atoms with Crippen molar-refractivity contribution in [2.45, 2.75) is 33.6 Å². The lowest BCUT2D eigenvalue weighted by Crippen LogP contribution is -2.37. The van der Waals surface area contributed by atoms with Gasteiger partial charge in [-0.05, 0) is 75.4 Å². The third-order valence-electron chi connectivity index (χ3n) is 6.72. The molecule has 1 aromatic carbocycles. The Morgan fingerprint density at radius 1 is 1.09 bits per heavy atom. The molecule has 0 bridgehead atoms. The minimum absolute atomic E-state index is 0.463. The molecule has 0 unspecified atom stereocenters. The first-order chi connectivity index (χ1) is 15.2. The van der Waals surface area contributed by atoms with Crippen LogP contribution in [0.3, 0.4) is 0 Å². The molecule has 0 amide bonds. The maximum absolute atomic E-state index is 6.07. The van der Waals surface area contributed by atoms with Crippen LogP contribution in [0.25, 0.3) is 11.5 Å². The fourth-order valence-electron chi connectivity index (χ4n) is 4.64. The molecular formula is C26H41N5O. The fraction of sp³-hybridized carbons (Fsp3) is 0.615. The normalized spacial score (nSPS) is 21.3. The lowest BCUT2D eigenvalue weighted by atomic mass is 9.70. The van der Waals surface area contributed by atoms with Gasteiger partial charge in [-0.1, -0.05) is 25.5 Å². The van der Waals surface area contributed by atoms with Crippen LogP contribution in [0.5, 0.6) is 0 Å². The number of benzene rings is 1. The van der Waals surface area contributed by atoms with E-state index in [2.05, 4.69) is 78.4 Å². The second-order valence-electron chi connectivity index (χ2n) is 10.1. The molecule has 3 atom stereocenters. The second-order valence-corrected chi connectivity index (χ2v) is 10.1. The monoisotopic (exact) mass is 439 g/mol. The van der Waals surface area contributed by atoms with Crippen molar-refractivity contribution in [1.82, 2.24) is 20.4 Å². The summed E-state index contributed by atoms with van der Waals surface area (Å²) in [5, 5.41) is 12.4. The molecule has 3 rings (SSSR count). The molecular weight excluding hydrogens is 398 g/mol. The number of anilines is 1. The summed E-state index contributed by atoms with van der Waals surface area (Å²) in [7, 11) is 8.31. The van der Waals surface area contributed by atoms with Gasteiger partial charge in [-0.15, -0.1) is 10.2 Å². The van der Waals surface area contributed by atoms with E-state index in [1.165, 1.54) is 12.0 Å². The smallest absolute Gasteiger partial charge is 0.247 e. The van der Waals surface area contributed by atoms with Crippen LogP contribution in [-0.2, 0) is 6.42 Å². The molecule has 1 aromatic heterocycles. The molecule has 1 aliphatic carbocycles. The highest BCUT2D eigenvalue weighted by Crippen LogP contribution is 2.38. The van der Waals surface area contributed by atoms with Gasteiger partial charge in [-0.2, -0.15) is 0 Å². The summed E-state index contributed by atoms with van der Waals surface area (Å²) in [6.45, 7) is 10.1. The first-order valence-electron chi connectivity index (χ1n) is 11.9. The van der Waals surface area contributed by atoms with Crippen molar-refractivity contribution in [3.05, 3.63) is 41.8 Å². The summed E-state index contributed by atoms with van der Waals surface area (Å²) >= 11 is 0. The van der Waals surface area contributed by atoms with Crippen LogP contribution >= 0.6 is 0 Å². The Morgan fingerprint density at radius 2 is 1.81 bits per heavy atom. The number of aromatic nitrogens is 2. The van der Waals surface area contributed by atoms with Gasteiger partial charge in [0.2, 0.25) is 11.8 Å². The van der Waals surface area contributed by atoms with Gasteiger partial charge in [0.25, 0.3) is 0 Å². The zero-order valence-corrected chi connectivity index (χ0v) is 20.9. The van der Waals surface area contributed by atoms with Crippen LogP contribution in [-0.4, -0.2) is 62.9 Å². The zero-order valence-electron chi connectivity index (χ0n) is 20.9. The zero-order chi connectivity index (χ0) is 23.3. The Kier molecular flexibility index (Phi) is 8.49. The Morgan fingerprint density at radius 3 is 2.44 bits per heavy atom. The van der Waals surface area contributed by atoms with Crippen molar-refractivity contribution >= 4 is 5.69 Å². The van der Waals surface area contributed by atoms with Crippen molar-refractivity contribution < 1.29 is 4.42 Å². The van der Waals surface area contributed by atoms with E-state index in [9.17, 15) is 0 Å². The molecule has 1 aliphatic rings. The molecule has 0 fully saturated rings. The standard InChI is InChI=1S/C26H41N5O/c1-18(2)24-15-21(19(3)14-22(24)17-27-12-13-30(4)5)16-25-28-29-26(32-25)20-8-10-23(11-9-20)31(6)7/h8-11,14,18,21-22,24,27H,12-13,15-17H2,1-7H3/t21-,22-,24-/m0/s1. The number of rotatable bonds is 10. The van der Waals surface area contributed by atoms with Crippen LogP contribution in [0.2, 0.25) is 0 Å². The van der Waals surface area contributed by atoms with E-state index in [1.54, 1.807) is 0 Å². The molecule has 1 heterocycles. The number of likely N-dealkylation sites (N-methyl/N-ethyl adjacent to an activating group) is 1. The van der Waals surface area contributed by atoms with Crippen molar-refractivity contribution in [3.63, 3.8) is 0 Å². The number of hydrogen-bond donors (Lipinski definition) is 1. The van der Waals surface area contributed by atoms with E-state index < -0.39 is 0 Å². The molecule has 6 nitrogen and oxygen atoms in total. The maximum Gasteiger partial charge on any atom is 0.247 e. The van der Waals surface area contributed by atoms with E-state index in [0.717, 1.165) is 43.2 Å². The van der Waals surface area contributed by atoms with Crippen LogP contribution in [0.1, 0.15) is 33.1 Å². The van der Waals surface area contributed by atoms with Crippen molar-refractivity contribution in [1.29, 1.82) is 0 Å². The topological polar surface area (TPSA) is 57.4 Å². The summed E-state index contributed by atoms with van der Waals surface area (Å²) in [6, 6.07) is 8.24. The molecule has 0 saturated carbocycles. The summed E-state index contributed by atoms with van der Waals surface area (Å²) in [6.07, 6.45) is 4.49.